The molecule has 30 heavy (non-hydrogen) atoms. The molecule has 1 aromatic heterocycles. The maximum atomic E-state index is 12.6. The van der Waals surface area contributed by atoms with Crippen LogP contribution in [0.1, 0.15) is 29.4 Å². The van der Waals surface area contributed by atoms with E-state index in [2.05, 4.69) is 15.6 Å². The van der Waals surface area contributed by atoms with E-state index in [0.717, 1.165) is 0 Å². The fraction of sp³-hybridized carbons (Fsp3) is 0.143. The molecule has 3 aromatic rings. The Hall–Kier alpha value is -4.14. The van der Waals surface area contributed by atoms with Crippen molar-refractivity contribution in [2.24, 2.45) is 5.10 Å². The molecule has 1 amide bonds. The third-order valence-corrected chi connectivity index (χ3v) is 4.25. The van der Waals surface area contributed by atoms with Crippen LogP contribution in [-0.2, 0) is 6.54 Å². The van der Waals surface area contributed by atoms with Gasteiger partial charge in [0, 0.05) is 24.2 Å². The molecule has 0 aliphatic carbocycles. The first-order chi connectivity index (χ1) is 14.5. The van der Waals surface area contributed by atoms with Crippen LogP contribution in [0, 0.1) is 10.1 Å². The number of hydrogen-bond acceptors (Lipinski definition) is 6. The first-order valence-electron chi connectivity index (χ1n) is 9.26. The van der Waals surface area contributed by atoms with Crippen LogP contribution in [0.3, 0.4) is 0 Å². The predicted molar refractivity (Wildman–Crippen MR) is 114 cm³/mol. The van der Waals surface area contributed by atoms with Gasteiger partial charge in [0.1, 0.15) is 0 Å². The molecule has 0 saturated carbocycles. The van der Waals surface area contributed by atoms with Crippen LogP contribution in [0.4, 0.5) is 5.69 Å². The van der Waals surface area contributed by atoms with Gasteiger partial charge in [-0.05, 0) is 30.7 Å². The van der Waals surface area contributed by atoms with E-state index >= 15 is 0 Å². The monoisotopic (exact) mass is 405 g/mol. The van der Waals surface area contributed by atoms with Gasteiger partial charge < -0.3 is 0 Å². The molecule has 0 unspecified atom stereocenters. The normalized spacial score (nSPS) is 11.4. The van der Waals surface area contributed by atoms with E-state index in [1.54, 1.807) is 42.5 Å². The molecule has 0 fully saturated rings. The number of amides is 1. The van der Waals surface area contributed by atoms with Gasteiger partial charge in [0.15, 0.2) is 5.69 Å². The third kappa shape index (κ3) is 4.46. The summed E-state index contributed by atoms with van der Waals surface area (Å²) in [6.07, 6.45) is 4.99. The summed E-state index contributed by atoms with van der Waals surface area (Å²) < 4.78 is 1.27. The second kappa shape index (κ2) is 9.37. The van der Waals surface area contributed by atoms with Gasteiger partial charge in [-0.15, -0.1) is 0 Å². The van der Waals surface area contributed by atoms with E-state index in [9.17, 15) is 19.7 Å². The highest BCUT2D eigenvalue weighted by atomic mass is 16.6. The van der Waals surface area contributed by atoms with Crippen LogP contribution in [0.15, 0.2) is 64.5 Å². The maximum absolute atomic E-state index is 12.6. The number of carbonyl (C=O) groups is 1. The minimum atomic E-state index is -0.564. The lowest BCUT2D eigenvalue weighted by atomic mass is 10.1. The van der Waals surface area contributed by atoms with Crippen LogP contribution in [0.25, 0.3) is 16.8 Å². The number of nitro groups is 1. The zero-order valence-corrected chi connectivity index (χ0v) is 16.2. The van der Waals surface area contributed by atoms with Crippen molar-refractivity contribution in [3.8, 4) is 0 Å². The fourth-order valence-electron chi connectivity index (χ4n) is 2.90. The Balaban J connectivity index is 1.80. The molecule has 0 bridgehead atoms. The molecule has 0 saturated heterocycles. The molecule has 152 valence electrons. The number of nitrogens with zero attached hydrogens (tertiary/aromatic N) is 4. The average molecular weight is 405 g/mol. The number of nitro benzene ring substituents is 1. The van der Waals surface area contributed by atoms with Crippen molar-refractivity contribution in [1.82, 2.24) is 15.2 Å². The van der Waals surface area contributed by atoms with Crippen molar-refractivity contribution in [2.75, 3.05) is 0 Å². The number of nitrogens with one attached hydrogen (secondary N) is 1. The number of hydrogen-bond donors (Lipinski definition) is 1. The van der Waals surface area contributed by atoms with Crippen LogP contribution in [-0.4, -0.2) is 26.8 Å². The summed E-state index contributed by atoms with van der Waals surface area (Å²) in [5.74, 6) is -0.564. The number of para-hydroxylation sites is 1. The van der Waals surface area contributed by atoms with E-state index in [4.69, 9.17) is 0 Å². The second-order valence-electron chi connectivity index (χ2n) is 6.32. The van der Waals surface area contributed by atoms with Crippen molar-refractivity contribution in [1.29, 1.82) is 0 Å². The number of fused-ring (bicyclic) bond motifs is 1. The largest absolute Gasteiger partial charge is 0.292 e. The fourth-order valence-corrected chi connectivity index (χ4v) is 2.90. The Morgan fingerprint density at radius 3 is 2.63 bits per heavy atom. The SMILES string of the molecule is CCCn1nc(C(=O)N/N=C/C=C/c2ccccc2[N+](=O)[O-])c2ccccc2c1=O. The van der Waals surface area contributed by atoms with Gasteiger partial charge >= 0.3 is 0 Å². The summed E-state index contributed by atoms with van der Waals surface area (Å²) in [6, 6.07) is 13.0. The maximum Gasteiger partial charge on any atom is 0.292 e. The van der Waals surface area contributed by atoms with Crippen LogP contribution >= 0.6 is 0 Å². The number of aryl methyl sites for hydroxylation is 1. The lowest BCUT2D eigenvalue weighted by Crippen LogP contribution is -2.29. The van der Waals surface area contributed by atoms with Crippen molar-refractivity contribution in [3.05, 3.63) is 86.3 Å². The topological polar surface area (TPSA) is 119 Å². The molecule has 0 aliphatic rings. The van der Waals surface area contributed by atoms with Crippen molar-refractivity contribution < 1.29 is 9.72 Å². The Bertz CT molecular complexity index is 1210. The highest BCUT2D eigenvalue weighted by Gasteiger charge is 2.16. The number of aromatic nitrogens is 2. The highest BCUT2D eigenvalue weighted by Crippen LogP contribution is 2.18. The van der Waals surface area contributed by atoms with Crippen LogP contribution in [0.5, 0.6) is 0 Å². The average Bonchev–Trinajstić information content (AvgIpc) is 2.75. The molecular weight excluding hydrogens is 386 g/mol. The van der Waals surface area contributed by atoms with Crippen molar-refractivity contribution in [3.63, 3.8) is 0 Å². The van der Waals surface area contributed by atoms with Gasteiger partial charge in [-0.3, -0.25) is 19.7 Å². The van der Waals surface area contributed by atoms with E-state index in [1.807, 2.05) is 6.92 Å². The molecule has 0 radical (unpaired) electrons. The first-order valence-corrected chi connectivity index (χ1v) is 9.26. The summed E-state index contributed by atoms with van der Waals surface area (Å²) in [4.78, 5) is 35.6. The number of hydrazone groups is 1. The molecule has 1 N–H and O–H groups in total. The number of carbonyl (C=O) groups excluding carboxylic acids is 1. The van der Waals surface area contributed by atoms with Crippen LogP contribution in [0.2, 0.25) is 0 Å². The summed E-state index contributed by atoms with van der Waals surface area (Å²) in [5, 5.41) is 19.9. The van der Waals surface area contributed by atoms with Gasteiger partial charge in [0.05, 0.1) is 15.9 Å². The summed E-state index contributed by atoms with van der Waals surface area (Å²) >= 11 is 0. The zero-order chi connectivity index (χ0) is 21.5. The van der Waals surface area contributed by atoms with Gasteiger partial charge in [0.2, 0.25) is 0 Å². The first kappa shape index (κ1) is 20.6. The molecule has 9 nitrogen and oxygen atoms in total. The van der Waals surface area contributed by atoms with E-state index < -0.39 is 10.8 Å². The van der Waals surface area contributed by atoms with E-state index in [-0.39, 0.29) is 16.9 Å². The van der Waals surface area contributed by atoms with Crippen molar-refractivity contribution >= 4 is 34.7 Å². The van der Waals surface area contributed by atoms with E-state index in [1.165, 1.54) is 29.1 Å². The molecule has 2 aromatic carbocycles. The van der Waals surface area contributed by atoms with Gasteiger partial charge in [-0.25, -0.2) is 10.1 Å². The molecule has 0 atom stereocenters. The Morgan fingerprint density at radius 2 is 1.90 bits per heavy atom. The van der Waals surface area contributed by atoms with E-state index in [0.29, 0.717) is 29.3 Å². The molecule has 1 heterocycles. The standard InChI is InChI=1S/C21H19N5O4/c1-2-14-25-21(28)17-11-5-4-10-16(17)19(24-25)20(27)23-22-13-7-9-15-8-3-6-12-18(15)26(29)30/h3-13H,2,14H2,1H3,(H,23,27)/b9-7+,22-13+. The lowest BCUT2D eigenvalue weighted by Gasteiger charge is -2.09. The molecular formula is C21H19N5O4. The Labute approximate surface area is 171 Å². The molecule has 9 heteroatoms. The van der Waals surface area contributed by atoms with Gasteiger partial charge in [0.25, 0.3) is 17.2 Å². The van der Waals surface area contributed by atoms with Gasteiger partial charge in [-0.2, -0.15) is 10.2 Å². The summed E-state index contributed by atoms with van der Waals surface area (Å²) in [7, 11) is 0. The molecule has 0 spiro atoms. The van der Waals surface area contributed by atoms with Crippen LogP contribution < -0.4 is 11.0 Å². The third-order valence-electron chi connectivity index (χ3n) is 4.25. The predicted octanol–water partition coefficient (Wildman–Crippen LogP) is 3.14. The zero-order valence-electron chi connectivity index (χ0n) is 16.2. The highest BCUT2D eigenvalue weighted by molar-refractivity contribution is 6.04. The number of rotatable bonds is 7. The van der Waals surface area contributed by atoms with Gasteiger partial charge in [-0.1, -0.05) is 37.3 Å². The lowest BCUT2D eigenvalue weighted by molar-refractivity contribution is -0.385. The Morgan fingerprint density at radius 1 is 1.20 bits per heavy atom. The smallest absolute Gasteiger partial charge is 0.267 e. The number of benzene rings is 2. The minimum Gasteiger partial charge on any atom is -0.267 e. The molecule has 3 rings (SSSR count). The summed E-state index contributed by atoms with van der Waals surface area (Å²) in [6.45, 7) is 2.31. The Kier molecular flexibility index (Phi) is 6.43. The quantitative estimate of drug-likeness (QED) is 0.368. The number of allylic oxidation sites excluding steroid dienone is 1. The van der Waals surface area contributed by atoms with Crippen molar-refractivity contribution in [2.45, 2.75) is 19.9 Å². The molecule has 0 aliphatic heterocycles. The summed E-state index contributed by atoms with van der Waals surface area (Å²) in [5.41, 5.74) is 2.61. The minimum absolute atomic E-state index is 0.0277. The second-order valence-corrected chi connectivity index (χ2v) is 6.32.